The van der Waals surface area contributed by atoms with Crippen LogP contribution in [0.3, 0.4) is 0 Å². The fraction of sp³-hybridized carbons (Fsp3) is 0.227. The van der Waals surface area contributed by atoms with Gasteiger partial charge in [-0.1, -0.05) is 24.3 Å². The van der Waals surface area contributed by atoms with Gasteiger partial charge in [-0.3, -0.25) is 9.11 Å². The fourth-order valence-electron chi connectivity index (χ4n) is 3.48. The van der Waals surface area contributed by atoms with Crippen LogP contribution in [0.1, 0.15) is 16.8 Å². The summed E-state index contributed by atoms with van der Waals surface area (Å²) in [5, 5.41) is 9.21. The van der Waals surface area contributed by atoms with Crippen LogP contribution in [0.5, 0.6) is 5.75 Å². The molecule has 3 aromatic carbocycles. The first kappa shape index (κ1) is 30.3. The van der Waals surface area contributed by atoms with Crippen molar-refractivity contribution in [2.24, 2.45) is 0 Å². The lowest BCUT2D eigenvalue weighted by Gasteiger charge is -2.32. The molecule has 9 nitrogen and oxygen atoms in total. The Bertz CT molecular complexity index is 1500. The quantitative estimate of drug-likeness (QED) is 0.145. The number of aliphatic hydroxyl groups is 1. The summed E-state index contributed by atoms with van der Waals surface area (Å²) in [6.45, 7) is -1.50. The molecule has 0 radical (unpaired) electrons. The van der Waals surface area contributed by atoms with Crippen LogP contribution in [0.4, 0.5) is 26.3 Å². The Labute approximate surface area is 218 Å². The van der Waals surface area contributed by atoms with Gasteiger partial charge in [0.2, 0.25) is 0 Å². The number of hydrogen-bond donors (Lipinski definition) is 3. The maximum Gasteiger partial charge on any atom is 0.426 e. The summed E-state index contributed by atoms with van der Waals surface area (Å²) in [7, 11) is -4.56. The predicted octanol–water partition coefficient (Wildman–Crippen LogP) is 4.67. The normalized spacial score (nSPS) is 13.8. The molecule has 212 valence electrons. The minimum absolute atomic E-state index is 0.00899. The van der Waals surface area contributed by atoms with Crippen molar-refractivity contribution in [3.8, 4) is 16.9 Å². The number of fused-ring (bicyclic) bond motifs is 1. The van der Waals surface area contributed by atoms with Gasteiger partial charge < -0.3 is 14.0 Å². The molecule has 17 heteroatoms. The molecule has 0 aromatic heterocycles. The van der Waals surface area contributed by atoms with Crippen molar-refractivity contribution in [3.63, 3.8) is 0 Å². The molecule has 0 saturated heterocycles. The molecular weight excluding hydrogens is 586 g/mol. The van der Waals surface area contributed by atoms with E-state index in [1.807, 2.05) is 0 Å². The molecule has 0 amide bonds. The Hall–Kier alpha value is -3.25. The van der Waals surface area contributed by atoms with E-state index in [2.05, 4.69) is 4.74 Å². The second-order valence-corrected chi connectivity index (χ2v) is 9.94. The first-order valence-electron chi connectivity index (χ1n) is 10.3. The molecule has 0 aliphatic heterocycles. The van der Waals surface area contributed by atoms with E-state index in [1.54, 1.807) is 0 Å². The lowest BCUT2D eigenvalue weighted by atomic mass is 9.96. The summed E-state index contributed by atoms with van der Waals surface area (Å²) in [4.78, 5) is 12.3. The third-order valence-corrected chi connectivity index (χ3v) is 6.65. The van der Waals surface area contributed by atoms with E-state index in [9.17, 15) is 48.9 Å². The predicted molar refractivity (Wildman–Crippen MR) is 123 cm³/mol. The van der Waals surface area contributed by atoms with Crippen LogP contribution in [0.2, 0.25) is 0 Å². The zero-order chi connectivity index (χ0) is 29.4. The van der Waals surface area contributed by atoms with Gasteiger partial charge in [0.05, 0.1) is 17.1 Å². The third kappa shape index (κ3) is 6.50. The Morgan fingerprint density at radius 1 is 0.897 bits per heavy atom. The average molecular weight is 602 g/mol. The molecule has 0 aliphatic carbocycles. The summed E-state index contributed by atoms with van der Waals surface area (Å²) in [5.41, 5.74) is -5.25. The van der Waals surface area contributed by atoms with Gasteiger partial charge in [-0.25, -0.2) is 4.79 Å². The van der Waals surface area contributed by atoms with Crippen LogP contribution in [-0.2, 0) is 26.2 Å². The number of halogens is 6. The molecule has 0 bridgehead atoms. The van der Waals surface area contributed by atoms with Crippen molar-refractivity contribution in [3.05, 3.63) is 60.2 Å². The van der Waals surface area contributed by atoms with Crippen LogP contribution in [0, 0.1) is 0 Å². The molecule has 0 heterocycles. The van der Waals surface area contributed by atoms with Gasteiger partial charge >= 0.3 is 29.7 Å². The monoisotopic (exact) mass is 602 g/mol. The number of carbonyl (C=O) groups excluding carboxylic acids is 1. The minimum Gasteiger partial charge on any atom is -0.462 e. The number of hydrogen-bond acceptors (Lipinski definition) is 7. The summed E-state index contributed by atoms with van der Waals surface area (Å²) in [5.74, 6) is -1.66. The van der Waals surface area contributed by atoms with Crippen molar-refractivity contribution in [1.29, 1.82) is 0 Å². The summed E-state index contributed by atoms with van der Waals surface area (Å²) in [6, 6.07) is 10.7. The van der Waals surface area contributed by atoms with Crippen LogP contribution >= 0.6 is 0 Å². The van der Waals surface area contributed by atoms with Crippen LogP contribution in [0.15, 0.2) is 59.5 Å². The van der Waals surface area contributed by atoms with Crippen LogP contribution in [0.25, 0.3) is 21.9 Å². The third-order valence-electron chi connectivity index (χ3n) is 5.46. The van der Waals surface area contributed by atoms with Gasteiger partial charge in [0, 0.05) is 11.8 Å². The number of rotatable bonds is 8. The Morgan fingerprint density at radius 3 is 2.00 bits per heavy atom. The Morgan fingerprint density at radius 2 is 1.49 bits per heavy atom. The van der Waals surface area contributed by atoms with E-state index in [1.165, 1.54) is 36.4 Å². The van der Waals surface area contributed by atoms with E-state index in [-0.39, 0.29) is 27.6 Å². The van der Waals surface area contributed by atoms with E-state index >= 15 is 0 Å². The molecule has 0 aliphatic rings. The first-order valence-corrected chi connectivity index (χ1v) is 12.8. The van der Waals surface area contributed by atoms with E-state index in [0.717, 1.165) is 18.2 Å². The van der Waals surface area contributed by atoms with Gasteiger partial charge in [0.1, 0.15) is 5.75 Å². The second kappa shape index (κ2) is 10.7. The molecular formula is C22H16F6O9S2. The van der Waals surface area contributed by atoms with Gasteiger partial charge in [0.25, 0.3) is 15.7 Å². The molecule has 3 aromatic rings. The maximum atomic E-state index is 12.9. The lowest BCUT2D eigenvalue weighted by molar-refractivity contribution is -0.371. The zero-order valence-electron chi connectivity index (χ0n) is 19.0. The highest BCUT2D eigenvalue weighted by Crippen LogP contribution is 2.45. The van der Waals surface area contributed by atoms with E-state index < -0.39 is 68.9 Å². The maximum absolute atomic E-state index is 12.9. The fourth-order valence-corrected chi connectivity index (χ4v) is 4.25. The molecule has 0 fully saturated rings. The van der Waals surface area contributed by atoms with Crippen LogP contribution < -0.4 is 4.18 Å². The van der Waals surface area contributed by atoms with Crippen LogP contribution in [-0.4, -0.2) is 57.4 Å². The van der Waals surface area contributed by atoms with Gasteiger partial charge in [-0.2, -0.15) is 39.0 Å². The molecule has 3 N–H and O–H groups in total. The highest BCUT2D eigenvalue weighted by molar-refractivity contribution is 7.85. The lowest BCUT2D eigenvalue weighted by Crippen LogP contribution is -2.57. The average Bonchev–Trinajstić information content (AvgIpc) is 2.81. The molecule has 0 spiro atoms. The SMILES string of the molecule is O=C(OCCC(O)(C(F)(F)F)C(F)(F)F)c1cc(-c2ccc(S(=O)(=O)O)cc2)cc2c(OS(=O)O)cccc12. The topological polar surface area (TPSA) is 147 Å². The van der Waals surface area contributed by atoms with Gasteiger partial charge in [0.15, 0.2) is 0 Å². The highest BCUT2D eigenvalue weighted by Gasteiger charge is 2.70. The molecule has 39 heavy (non-hydrogen) atoms. The summed E-state index contributed by atoms with van der Waals surface area (Å²) < 4.78 is 139. The Kier molecular flexibility index (Phi) is 8.33. The van der Waals surface area contributed by atoms with Crippen molar-refractivity contribution in [1.82, 2.24) is 0 Å². The number of ether oxygens (including phenoxy) is 1. The largest absolute Gasteiger partial charge is 0.462 e. The van der Waals surface area contributed by atoms with Gasteiger partial charge in [-0.15, -0.1) is 0 Å². The van der Waals surface area contributed by atoms with E-state index in [0.29, 0.717) is 0 Å². The smallest absolute Gasteiger partial charge is 0.426 e. The van der Waals surface area contributed by atoms with Crippen molar-refractivity contribution in [2.45, 2.75) is 29.3 Å². The standard InChI is InChI=1S/C22H16F6O9S2/c23-21(24,25)20(30,22(26,27)28)8-9-36-19(29)17-11-13(12-4-6-14(7-5-12)39(33,34)35)10-16-15(17)2-1-3-18(16)37-38(31)32/h1-7,10-11,30H,8-9H2,(H,31,32)(H,33,34,35). The van der Waals surface area contributed by atoms with Gasteiger partial charge in [-0.05, 0) is 46.8 Å². The Balaban J connectivity index is 2.06. The number of esters is 1. The molecule has 3 rings (SSSR count). The second-order valence-electron chi connectivity index (χ2n) is 7.92. The molecule has 1 unspecified atom stereocenters. The molecule has 0 saturated carbocycles. The number of alkyl halides is 6. The summed E-state index contributed by atoms with van der Waals surface area (Å²) >= 11 is -2.84. The van der Waals surface area contributed by atoms with Crippen molar-refractivity contribution in [2.75, 3.05) is 6.61 Å². The number of benzene rings is 3. The minimum atomic E-state index is -6.12. The summed E-state index contributed by atoms with van der Waals surface area (Å²) in [6.07, 6.45) is -14.3. The highest BCUT2D eigenvalue weighted by atomic mass is 32.2. The van der Waals surface area contributed by atoms with E-state index in [4.69, 9.17) is 13.3 Å². The first-order chi connectivity index (χ1) is 17.8. The zero-order valence-corrected chi connectivity index (χ0v) is 20.6. The molecule has 1 atom stereocenters. The van der Waals surface area contributed by atoms with Crippen molar-refractivity contribution < 1.29 is 66.9 Å². The van der Waals surface area contributed by atoms with Crippen molar-refractivity contribution >= 4 is 38.2 Å². The number of carbonyl (C=O) groups is 1.